The van der Waals surface area contributed by atoms with Crippen LogP contribution in [0.15, 0.2) is 0 Å². The Bertz CT molecular complexity index is 89.1. The Kier molecular flexibility index (Phi) is 1.73. The Morgan fingerprint density at radius 2 is 2.22 bits per heavy atom. The van der Waals surface area contributed by atoms with E-state index in [0.717, 1.165) is 6.42 Å². The lowest BCUT2D eigenvalue weighted by molar-refractivity contribution is 0.00138. The fourth-order valence-electron chi connectivity index (χ4n) is 1.03. The van der Waals surface area contributed by atoms with Gasteiger partial charge in [0.2, 0.25) is 0 Å². The average Bonchev–Trinajstić information content (AvgIpc) is 1.78. The Balaban J connectivity index is 2.35. The number of hydrogen-bond acceptors (Lipinski definition) is 0. The second-order valence-corrected chi connectivity index (χ2v) is 2.84. The highest BCUT2D eigenvalue weighted by Crippen LogP contribution is 2.34. The Hall–Kier alpha value is -0.140. The van der Waals surface area contributed by atoms with Gasteiger partial charge in [0.05, 0.1) is 0 Å². The molecule has 9 heavy (non-hydrogen) atoms. The molecule has 0 saturated heterocycles. The molecule has 0 nitrogen and oxygen atoms in total. The molecular formula is C7H11F2. The highest BCUT2D eigenvalue weighted by Gasteiger charge is 2.33. The van der Waals surface area contributed by atoms with Crippen LogP contribution in [0.3, 0.4) is 0 Å². The van der Waals surface area contributed by atoms with Gasteiger partial charge in [0.25, 0.3) is 5.92 Å². The first-order valence-electron chi connectivity index (χ1n) is 3.32. The summed E-state index contributed by atoms with van der Waals surface area (Å²) in [6.45, 7) is 2.01. The van der Waals surface area contributed by atoms with Gasteiger partial charge in [-0.1, -0.05) is 6.92 Å². The summed E-state index contributed by atoms with van der Waals surface area (Å²) < 4.78 is 24.6. The van der Waals surface area contributed by atoms with Crippen LogP contribution in [-0.2, 0) is 0 Å². The van der Waals surface area contributed by atoms with E-state index in [2.05, 4.69) is 0 Å². The van der Waals surface area contributed by atoms with Gasteiger partial charge in [-0.2, -0.15) is 0 Å². The summed E-state index contributed by atoms with van der Waals surface area (Å²) >= 11 is 0. The van der Waals surface area contributed by atoms with Crippen LogP contribution in [0.25, 0.3) is 0 Å². The van der Waals surface area contributed by atoms with Gasteiger partial charge in [-0.3, -0.25) is 0 Å². The van der Waals surface area contributed by atoms with E-state index in [0.29, 0.717) is 18.8 Å². The van der Waals surface area contributed by atoms with Gasteiger partial charge in [0, 0.05) is 12.8 Å². The lowest BCUT2D eigenvalue weighted by Gasteiger charge is -2.24. The summed E-state index contributed by atoms with van der Waals surface area (Å²) in [5, 5.41) is 0. The largest absolute Gasteiger partial charge is 0.251 e. The van der Waals surface area contributed by atoms with Crippen molar-refractivity contribution in [2.45, 2.75) is 32.1 Å². The van der Waals surface area contributed by atoms with Crippen molar-refractivity contribution in [3.05, 3.63) is 6.42 Å². The van der Waals surface area contributed by atoms with Gasteiger partial charge in [-0.25, -0.2) is 8.78 Å². The molecule has 1 fully saturated rings. The third kappa shape index (κ3) is 1.92. The summed E-state index contributed by atoms with van der Waals surface area (Å²) in [5.41, 5.74) is 0. The number of rotatable bonds is 0. The monoisotopic (exact) mass is 133 g/mol. The first kappa shape index (κ1) is 6.97. The third-order valence-corrected chi connectivity index (χ3v) is 1.79. The minimum absolute atomic E-state index is 0.0498. The van der Waals surface area contributed by atoms with E-state index >= 15 is 0 Å². The van der Waals surface area contributed by atoms with Crippen molar-refractivity contribution in [3.8, 4) is 0 Å². The van der Waals surface area contributed by atoms with Crippen LogP contribution in [0.4, 0.5) is 8.78 Å². The number of halogens is 2. The molecule has 0 N–H and O–H groups in total. The van der Waals surface area contributed by atoms with Crippen LogP contribution in [0, 0.1) is 12.3 Å². The van der Waals surface area contributed by atoms with Gasteiger partial charge in [-0.15, -0.1) is 0 Å². The summed E-state index contributed by atoms with van der Waals surface area (Å²) in [7, 11) is 0. The van der Waals surface area contributed by atoms with Gasteiger partial charge >= 0.3 is 0 Å². The molecule has 1 aliphatic carbocycles. The van der Waals surface area contributed by atoms with Crippen molar-refractivity contribution in [1.82, 2.24) is 0 Å². The molecule has 1 aliphatic rings. The molecule has 0 amide bonds. The molecule has 1 radical (unpaired) electrons. The quantitative estimate of drug-likeness (QED) is 0.476. The molecule has 2 heteroatoms. The second kappa shape index (κ2) is 2.24. The van der Waals surface area contributed by atoms with Gasteiger partial charge < -0.3 is 0 Å². The van der Waals surface area contributed by atoms with Crippen molar-refractivity contribution in [2.75, 3.05) is 0 Å². The molecule has 1 unspecified atom stereocenters. The van der Waals surface area contributed by atoms with E-state index in [-0.39, 0.29) is 6.42 Å². The number of hydrogen-bond donors (Lipinski definition) is 0. The lowest BCUT2D eigenvalue weighted by atomic mass is 9.88. The third-order valence-electron chi connectivity index (χ3n) is 1.79. The second-order valence-electron chi connectivity index (χ2n) is 2.84. The van der Waals surface area contributed by atoms with Crippen LogP contribution >= 0.6 is 0 Å². The summed E-state index contributed by atoms with van der Waals surface area (Å²) in [4.78, 5) is 0. The molecule has 0 aromatic carbocycles. The van der Waals surface area contributed by atoms with Crippen LogP contribution < -0.4 is 0 Å². The molecule has 1 saturated carbocycles. The van der Waals surface area contributed by atoms with E-state index in [1.54, 1.807) is 0 Å². The van der Waals surface area contributed by atoms with Gasteiger partial charge in [-0.05, 0) is 18.8 Å². The van der Waals surface area contributed by atoms with E-state index < -0.39 is 5.92 Å². The van der Waals surface area contributed by atoms with Gasteiger partial charge in [0.15, 0.2) is 0 Å². The molecule has 1 atom stereocenters. The maximum Gasteiger partial charge on any atom is 0.251 e. The van der Waals surface area contributed by atoms with Crippen molar-refractivity contribution >= 4 is 0 Å². The zero-order chi connectivity index (χ0) is 6.91. The highest BCUT2D eigenvalue weighted by molar-refractivity contribution is 4.90. The topological polar surface area (TPSA) is 0 Å². The average molecular weight is 133 g/mol. The predicted octanol–water partition coefficient (Wildman–Crippen LogP) is 2.65. The zero-order valence-corrected chi connectivity index (χ0v) is 5.53. The van der Waals surface area contributed by atoms with Crippen LogP contribution in [0.2, 0.25) is 0 Å². The molecule has 0 bridgehead atoms. The maximum atomic E-state index is 12.3. The highest BCUT2D eigenvalue weighted by atomic mass is 19.3. The Labute approximate surface area is 54.3 Å². The van der Waals surface area contributed by atoms with Gasteiger partial charge in [0.1, 0.15) is 0 Å². The normalized spacial score (nSPS) is 28.3. The van der Waals surface area contributed by atoms with Crippen molar-refractivity contribution in [2.24, 2.45) is 5.92 Å². The Morgan fingerprint density at radius 1 is 1.56 bits per heavy atom. The van der Waals surface area contributed by atoms with Crippen molar-refractivity contribution in [1.29, 1.82) is 0 Å². The van der Waals surface area contributed by atoms with Crippen LogP contribution in [0.1, 0.15) is 26.2 Å². The van der Waals surface area contributed by atoms with Crippen LogP contribution in [-0.4, -0.2) is 5.92 Å². The molecule has 0 aromatic heterocycles. The molecule has 53 valence electrons. The first-order valence-corrected chi connectivity index (χ1v) is 3.32. The van der Waals surface area contributed by atoms with E-state index in [1.165, 1.54) is 0 Å². The SMILES string of the molecule is CC1C[CH]C(F)(F)CC1. The van der Waals surface area contributed by atoms with Crippen molar-refractivity contribution < 1.29 is 8.78 Å². The van der Waals surface area contributed by atoms with E-state index in [1.807, 2.05) is 6.92 Å². The predicted molar refractivity (Wildman–Crippen MR) is 32.3 cm³/mol. The minimum atomic E-state index is -2.47. The van der Waals surface area contributed by atoms with Crippen LogP contribution in [0.5, 0.6) is 0 Å². The fourth-order valence-corrected chi connectivity index (χ4v) is 1.03. The van der Waals surface area contributed by atoms with Crippen molar-refractivity contribution in [3.63, 3.8) is 0 Å². The molecule has 0 spiro atoms. The summed E-state index contributed by atoms with van der Waals surface area (Å²) in [6.07, 6.45) is 2.44. The summed E-state index contributed by atoms with van der Waals surface area (Å²) in [6, 6.07) is 0. The maximum absolute atomic E-state index is 12.3. The fraction of sp³-hybridized carbons (Fsp3) is 0.857. The summed E-state index contributed by atoms with van der Waals surface area (Å²) in [5.74, 6) is -2.00. The standard InChI is InChI=1S/C7H11F2/c1-6-2-4-7(8,9)5-3-6/h4,6H,2-3,5H2,1H3. The molecular weight excluding hydrogens is 122 g/mol. The molecule has 0 heterocycles. The molecule has 1 rings (SSSR count). The first-order chi connectivity index (χ1) is 4.10. The molecule has 0 aromatic rings. The van der Waals surface area contributed by atoms with E-state index in [4.69, 9.17) is 0 Å². The number of alkyl halides is 2. The lowest BCUT2D eigenvalue weighted by Crippen LogP contribution is -2.23. The molecule has 0 aliphatic heterocycles. The van der Waals surface area contributed by atoms with E-state index in [9.17, 15) is 8.78 Å². The Morgan fingerprint density at radius 3 is 2.56 bits per heavy atom. The smallest absolute Gasteiger partial charge is 0.207 e. The minimum Gasteiger partial charge on any atom is -0.207 e. The zero-order valence-electron chi connectivity index (χ0n) is 5.53.